The van der Waals surface area contributed by atoms with E-state index in [9.17, 15) is 13.6 Å². The Morgan fingerprint density at radius 3 is 2.69 bits per heavy atom. The second-order valence-electron chi connectivity index (χ2n) is 5.76. The largest absolute Gasteiger partial charge is 0.493 e. The molecule has 0 atom stereocenters. The van der Waals surface area contributed by atoms with Crippen molar-refractivity contribution in [1.82, 2.24) is 9.55 Å². The molecular formula is C19H16ClF2N3O3S. The molecule has 6 nitrogen and oxygen atoms in total. The lowest BCUT2D eigenvalue weighted by molar-refractivity contribution is -0.0512. The SMILES string of the molecule is COc1cc(C(=O)Nc2cc(Cl)ccc2Sc2nccn2C)ccc1OC(F)F. The maximum Gasteiger partial charge on any atom is 0.387 e. The standard InChI is InChI=1S/C19H16ClF2N3O3S/c1-25-8-7-23-19(25)29-16-6-4-12(20)10-13(16)24-17(26)11-3-5-14(28-18(21)22)15(9-11)27-2/h3-10,18H,1-2H3,(H,24,26). The first-order chi connectivity index (χ1) is 13.9. The van der Waals surface area contributed by atoms with Gasteiger partial charge in [0.1, 0.15) is 0 Å². The van der Waals surface area contributed by atoms with Crippen molar-refractivity contribution in [3.63, 3.8) is 0 Å². The van der Waals surface area contributed by atoms with Gasteiger partial charge in [0.15, 0.2) is 16.7 Å². The number of benzene rings is 2. The summed E-state index contributed by atoms with van der Waals surface area (Å²) in [5, 5.41) is 3.97. The minimum Gasteiger partial charge on any atom is -0.493 e. The van der Waals surface area contributed by atoms with Crippen LogP contribution in [0.25, 0.3) is 0 Å². The van der Waals surface area contributed by atoms with E-state index in [0.29, 0.717) is 10.7 Å². The first-order valence-electron chi connectivity index (χ1n) is 8.26. The lowest BCUT2D eigenvalue weighted by Gasteiger charge is -2.13. The van der Waals surface area contributed by atoms with Crippen LogP contribution in [0.2, 0.25) is 5.02 Å². The summed E-state index contributed by atoms with van der Waals surface area (Å²) in [7, 11) is 3.16. The summed E-state index contributed by atoms with van der Waals surface area (Å²) in [4.78, 5) is 17.7. The number of nitrogens with zero attached hydrogens (tertiary/aromatic N) is 2. The molecule has 2 aromatic carbocycles. The number of aromatic nitrogens is 2. The third-order valence-electron chi connectivity index (χ3n) is 3.81. The van der Waals surface area contributed by atoms with E-state index in [1.807, 2.05) is 17.8 Å². The molecule has 152 valence electrons. The van der Waals surface area contributed by atoms with Gasteiger partial charge >= 0.3 is 6.61 Å². The Morgan fingerprint density at radius 2 is 2.03 bits per heavy atom. The molecule has 0 aliphatic heterocycles. The van der Waals surface area contributed by atoms with E-state index in [1.54, 1.807) is 24.4 Å². The molecule has 0 unspecified atom stereocenters. The van der Waals surface area contributed by atoms with Crippen molar-refractivity contribution < 1.29 is 23.0 Å². The number of hydrogen-bond donors (Lipinski definition) is 1. The molecule has 0 aliphatic carbocycles. The van der Waals surface area contributed by atoms with Gasteiger partial charge in [-0.1, -0.05) is 11.6 Å². The number of methoxy groups -OCH3 is 1. The molecule has 29 heavy (non-hydrogen) atoms. The van der Waals surface area contributed by atoms with Crippen LogP contribution in [0.3, 0.4) is 0 Å². The van der Waals surface area contributed by atoms with Gasteiger partial charge in [0.25, 0.3) is 5.91 Å². The molecule has 0 spiro atoms. The van der Waals surface area contributed by atoms with E-state index < -0.39 is 12.5 Å². The summed E-state index contributed by atoms with van der Waals surface area (Å²) in [6.07, 6.45) is 3.48. The summed E-state index contributed by atoms with van der Waals surface area (Å²) in [6, 6.07) is 9.05. The number of anilines is 1. The molecule has 10 heteroatoms. The average Bonchev–Trinajstić information content (AvgIpc) is 3.08. The number of imidazole rings is 1. The first-order valence-corrected chi connectivity index (χ1v) is 9.45. The third-order valence-corrected chi connectivity index (χ3v) is 5.20. The highest BCUT2D eigenvalue weighted by Gasteiger charge is 2.16. The second-order valence-corrected chi connectivity index (χ2v) is 7.21. The zero-order chi connectivity index (χ0) is 21.0. The predicted molar refractivity (Wildman–Crippen MR) is 106 cm³/mol. The highest BCUT2D eigenvalue weighted by atomic mass is 35.5. The van der Waals surface area contributed by atoms with Gasteiger partial charge in [0.2, 0.25) is 0 Å². The molecule has 0 saturated heterocycles. The molecule has 1 N–H and O–H groups in total. The van der Waals surface area contributed by atoms with Crippen molar-refractivity contribution in [2.24, 2.45) is 7.05 Å². The number of nitrogens with one attached hydrogen (secondary N) is 1. The maximum atomic E-state index is 12.7. The lowest BCUT2D eigenvalue weighted by Crippen LogP contribution is -2.13. The number of aryl methyl sites for hydroxylation is 1. The first kappa shape index (κ1) is 20.9. The average molecular weight is 440 g/mol. The quantitative estimate of drug-likeness (QED) is 0.555. The Labute approximate surface area is 174 Å². The second kappa shape index (κ2) is 9.15. The van der Waals surface area contributed by atoms with Crippen molar-refractivity contribution in [3.8, 4) is 11.5 Å². The number of amides is 1. The van der Waals surface area contributed by atoms with Gasteiger partial charge in [0, 0.05) is 34.9 Å². The topological polar surface area (TPSA) is 65.4 Å². The van der Waals surface area contributed by atoms with E-state index in [1.165, 1.54) is 37.1 Å². The van der Waals surface area contributed by atoms with Crippen LogP contribution < -0.4 is 14.8 Å². The minimum atomic E-state index is -3.00. The van der Waals surface area contributed by atoms with Crippen LogP contribution in [0, 0.1) is 0 Å². The molecule has 3 rings (SSSR count). The third kappa shape index (κ3) is 5.18. The van der Waals surface area contributed by atoms with Crippen LogP contribution >= 0.6 is 23.4 Å². The van der Waals surface area contributed by atoms with Gasteiger partial charge < -0.3 is 19.4 Å². The molecule has 0 bridgehead atoms. The molecule has 0 radical (unpaired) electrons. The van der Waals surface area contributed by atoms with Crippen molar-refractivity contribution >= 4 is 35.0 Å². The molecule has 1 aromatic heterocycles. The van der Waals surface area contributed by atoms with Gasteiger partial charge in [0.05, 0.1) is 12.8 Å². The van der Waals surface area contributed by atoms with Crippen LogP contribution in [0.4, 0.5) is 14.5 Å². The van der Waals surface area contributed by atoms with E-state index in [-0.39, 0.29) is 17.1 Å². The van der Waals surface area contributed by atoms with Gasteiger partial charge in [-0.15, -0.1) is 0 Å². The smallest absolute Gasteiger partial charge is 0.387 e. The number of carbonyl (C=O) groups is 1. The number of ether oxygens (including phenoxy) is 2. The van der Waals surface area contributed by atoms with Crippen LogP contribution in [-0.2, 0) is 7.05 Å². The molecule has 0 saturated carbocycles. The zero-order valence-corrected chi connectivity index (χ0v) is 16.9. The molecule has 1 heterocycles. The highest BCUT2D eigenvalue weighted by Crippen LogP contribution is 2.35. The fourth-order valence-corrected chi connectivity index (χ4v) is 3.48. The van der Waals surface area contributed by atoms with Gasteiger partial charge in [-0.05, 0) is 48.2 Å². The number of rotatable bonds is 7. The Morgan fingerprint density at radius 1 is 1.24 bits per heavy atom. The molecule has 1 amide bonds. The van der Waals surface area contributed by atoms with Crippen LogP contribution in [0.15, 0.2) is 58.8 Å². The van der Waals surface area contributed by atoms with Crippen LogP contribution in [0.1, 0.15) is 10.4 Å². The monoisotopic (exact) mass is 439 g/mol. The van der Waals surface area contributed by atoms with Crippen molar-refractivity contribution in [1.29, 1.82) is 0 Å². The van der Waals surface area contributed by atoms with Crippen molar-refractivity contribution in [2.45, 2.75) is 16.7 Å². The van der Waals surface area contributed by atoms with Gasteiger partial charge in [-0.2, -0.15) is 8.78 Å². The minimum absolute atomic E-state index is 0.0200. The fourth-order valence-electron chi connectivity index (χ4n) is 2.43. The Hall–Kier alpha value is -2.78. The Kier molecular flexibility index (Phi) is 6.60. The number of carbonyl (C=O) groups excluding carboxylic acids is 1. The van der Waals surface area contributed by atoms with Gasteiger partial charge in [-0.3, -0.25) is 4.79 Å². The maximum absolute atomic E-state index is 12.7. The zero-order valence-electron chi connectivity index (χ0n) is 15.4. The summed E-state index contributed by atoms with van der Waals surface area (Å²) in [5.74, 6) is -0.602. The number of hydrogen-bond acceptors (Lipinski definition) is 5. The van der Waals surface area contributed by atoms with Crippen LogP contribution in [-0.4, -0.2) is 29.2 Å². The number of halogens is 3. The lowest BCUT2D eigenvalue weighted by atomic mass is 10.2. The highest BCUT2D eigenvalue weighted by molar-refractivity contribution is 7.99. The summed E-state index contributed by atoms with van der Waals surface area (Å²) < 4.78 is 36.2. The Bertz CT molecular complexity index is 1030. The molecule has 3 aromatic rings. The van der Waals surface area contributed by atoms with Crippen molar-refractivity contribution in [2.75, 3.05) is 12.4 Å². The number of alkyl halides is 2. The summed E-state index contributed by atoms with van der Waals surface area (Å²) >= 11 is 7.45. The fraction of sp³-hybridized carbons (Fsp3) is 0.158. The molecule has 0 aliphatic rings. The predicted octanol–water partition coefficient (Wildman–Crippen LogP) is 5.09. The van der Waals surface area contributed by atoms with Gasteiger partial charge in [-0.25, -0.2) is 4.98 Å². The normalized spacial score (nSPS) is 10.8. The van der Waals surface area contributed by atoms with Crippen LogP contribution in [0.5, 0.6) is 11.5 Å². The van der Waals surface area contributed by atoms with E-state index in [0.717, 1.165) is 10.1 Å². The molecule has 0 fully saturated rings. The van der Waals surface area contributed by atoms with E-state index in [2.05, 4.69) is 15.0 Å². The Balaban J connectivity index is 1.85. The summed E-state index contributed by atoms with van der Waals surface area (Å²) in [5.41, 5.74) is 0.693. The van der Waals surface area contributed by atoms with E-state index >= 15 is 0 Å². The van der Waals surface area contributed by atoms with Crippen molar-refractivity contribution in [3.05, 3.63) is 59.4 Å². The van der Waals surface area contributed by atoms with E-state index in [4.69, 9.17) is 16.3 Å². The molecular weight excluding hydrogens is 424 g/mol. The summed E-state index contributed by atoms with van der Waals surface area (Å²) in [6.45, 7) is -3.00.